The lowest BCUT2D eigenvalue weighted by molar-refractivity contribution is 0.0281. The van der Waals surface area contributed by atoms with Gasteiger partial charge in [-0.25, -0.2) is 0 Å². The van der Waals surface area contributed by atoms with Crippen LogP contribution in [0.2, 0.25) is 0 Å². The van der Waals surface area contributed by atoms with Crippen molar-refractivity contribution in [3.05, 3.63) is 12.7 Å². The molecule has 0 aromatic heterocycles. The van der Waals surface area contributed by atoms with E-state index in [0.717, 1.165) is 0 Å². The molecule has 0 saturated heterocycles. The summed E-state index contributed by atoms with van der Waals surface area (Å²) in [5.74, 6) is 0.453. The summed E-state index contributed by atoms with van der Waals surface area (Å²) in [6, 6.07) is 0. The van der Waals surface area contributed by atoms with Crippen LogP contribution in [-0.4, -0.2) is 10.7 Å². The van der Waals surface area contributed by atoms with Gasteiger partial charge in [0.2, 0.25) is 0 Å². The van der Waals surface area contributed by atoms with Crippen molar-refractivity contribution < 1.29 is 5.11 Å². The van der Waals surface area contributed by atoms with Crippen LogP contribution in [0.4, 0.5) is 0 Å². The monoisotopic (exact) mass is 154 g/mol. The molecule has 1 heteroatoms. The molecule has 1 aliphatic rings. The molecular formula is C10H18O. The first kappa shape index (κ1) is 8.79. The van der Waals surface area contributed by atoms with Gasteiger partial charge in [0.1, 0.15) is 0 Å². The molecule has 1 rings (SSSR count). The van der Waals surface area contributed by atoms with Gasteiger partial charge in [0.15, 0.2) is 0 Å². The number of aliphatic hydroxyl groups is 1. The highest BCUT2D eigenvalue weighted by molar-refractivity contribution is 4.97. The summed E-state index contributed by atoms with van der Waals surface area (Å²) in [5, 5.41) is 9.83. The van der Waals surface area contributed by atoms with Crippen LogP contribution in [0.1, 0.15) is 39.0 Å². The van der Waals surface area contributed by atoms with Crippen molar-refractivity contribution in [3.8, 4) is 0 Å². The fourth-order valence-electron chi connectivity index (χ4n) is 1.85. The van der Waals surface area contributed by atoms with E-state index in [4.69, 9.17) is 0 Å². The smallest absolute Gasteiger partial charge is 0.0825 e. The van der Waals surface area contributed by atoms with Crippen LogP contribution in [0, 0.1) is 5.92 Å². The van der Waals surface area contributed by atoms with Crippen LogP contribution in [0.5, 0.6) is 0 Å². The molecule has 11 heavy (non-hydrogen) atoms. The minimum atomic E-state index is -0.625. The van der Waals surface area contributed by atoms with E-state index in [1.165, 1.54) is 32.1 Å². The molecule has 0 aromatic rings. The van der Waals surface area contributed by atoms with E-state index < -0.39 is 5.60 Å². The average molecular weight is 154 g/mol. The van der Waals surface area contributed by atoms with Gasteiger partial charge in [-0.3, -0.25) is 0 Å². The van der Waals surface area contributed by atoms with Crippen molar-refractivity contribution in [2.75, 3.05) is 0 Å². The topological polar surface area (TPSA) is 20.2 Å². The second kappa shape index (κ2) is 3.40. The van der Waals surface area contributed by atoms with E-state index in [2.05, 4.69) is 6.58 Å². The summed E-state index contributed by atoms with van der Waals surface area (Å²) in [5.41, 5.74) is -0.625. The molecule has 64 valence electrons. The fraction of sp³-hybridized carbons (Fsp3) is 0.800. The number of hydrogen-bond donors (Lipinski definition) is 1. The summed E-state index contributed by atoms with van der Waals surface area (Å²) in [6.45, 7) is 5.53. The van der Waals surface area contributed by atoms with E-state index in [1.54, 1.807) is 6.08 Å². The lowest BCUT2D eigenvalue weighted by atomic mass is 9.78. The van der Waals surface area contributed by atoms with Gasteiger partial charge in [-0.05, 0) is 25.7 Å². The molecule has 0 aromatic carbocycles. The highest BCUT2D eigenvalue weighted by atomic mass is 16.3. The predicted molar refractivity (Wildman–Crippen MR) is 47.4 cm³/mol. The summed E-state index contributed by atoms with van der Waals surface area (Å²) < 4.78 is 0. The predicted octanol–water partition coefficient (Wildman–Crippen LogP) is 2.50. The van der Waals surface area contributed by atoms with Gasteiger partial charge in [-0.15, -0.1) is 6.58 Å². The van der Waals surface area contributed by atoms with Gasteiger partial charge in [-0.2, -0.15) is 0 Å². The molecule has 0 spiro atoms. The Kier molecular flexibility index (Phi) is 2.72. The molecule has 0 bridgehead atoms. The van der Waals surface area contributed by atoms with E-state index in [-0.39, 0.29) is 0 Å². The second-order valence-electron chi connectivity index (χ2n) is 3.76. The molecule has 0 radical (unpaired) electrons. The number of hydrogen-bond acceptors (Lipinski definition) is 1. The summed E-state index contributed by atoms with van der Waals surface area (Å²) >= 11 is 0. The molecule has 0 aliphatic heterocycles. The van der Waals surface area contributed by atoms with Gasteiger partial charge in [0.05, 0.1) is 5.60 Å². The zero-order valence-corrected chi connectivity index (χ0v) is 7.34. The Morgan fingerprint density at radius 2 is 1.91 bits per heavy atom. The van der Waals surface area contributed by atoms with Crippen molar-refractivity contribution in [1.29, 1.82) is 0 Å². The Bertz CT molecular complexity index is 132. The third-order valence-electron chi connectivity index (χ3n) is 2.84. The summed E-state index contributed by atoms with van der Waals surface area (Å²) in [7, 11) is 0. The quantitative estimate of drug-likeness (QED) is 0.606. The number of rotatable bonds is 2. The van der Waals surface area contributed by atoms with Gasteiger partial charge in [-0.1, -0.05) is 25.3 Å². The highest BCUT2D eigenvalue weighted by Crippen LogP contribution is 2.32. The minimum absolute atomic E-state index is 0.453. The Morgan fingerprint density at radius 3 is 2.36 bits per heavy atom. The molecule has 1 unspecified atom stereocenters. The normalized spacial score (nSPS) is 26.0. The highest BCUT2D eigenvalue weighted by Gasteiger charge is 2.29. The van der Waals surface area contributed by atoms with Gasteiger partial charge < -0.3 is 5.11 Å². The van der Waals surface area contributed by atoms with Crippen molar-refractivity contribution >= 4 is 0 Å². The summed E-state index contributed by atoms with van der Waals surface area (Å²) in [6.07, 6.45) is 7.90. The van der Waals surface area contributed by atoms with E-state index in [9.17, 15) is 5.11 Å². The lowest BCUT2D eigenvalue weighted by Crippen LogP contribution is -2.33. The Labute approximate surface area is 69.1 Å². The van der Waals surface area contributed by atoms with Crippen molar-refractivity contribution in [2.45, 2.75) is 44.6 Å². The SMILES string of the molecule is C=CC(C)(O)C1CCCCC1. The van der Waals surface area contributed by atoms with Gasteiger partial charge in [0.25, 0.3) is 0 Å². The van der Waals surface area contributed by atoms with E-state index >= 15 is 0 Å². The maximum absolute atomic E-state index is 9.83. The third kappa shape index (κ3) is 2.06. The second-order valence-corrected chi connectivity index (χ2v) is 3.76. The van der Waals surface area contributed by atoms with Crippen molar-refractivity contribution in [2.24, 2.45) is 5.92 Å². The summed E-state index contributed by atoms with van der Waals surface area (Å²) in [4.78, 5) is 0. The first-order chi connectivity index (χ1) is 5.17. The minimum Gasteiger partial charge on any atom is -0.386 e. The van der Waals surface area contributed by atoms with E-state index in [1.807, 2.05) is 6.92 Å². The lowest BCUT2D eigenvalue weighted by Gasteiger charge is -2.32. The Morgan fingerprint density at radius 1 is 1.36 bits per heavy atom. The van der Waals surface area contributed by atoms with Crippen LogP contribution in [-0.2, 0) is 0 Å². The van der Waals surface area contributed by atoms with Gasteiger partial charge >= 0.3 is 0 Å². The fourth-order valence-corrected chi connectivity index (χ4v) is 1.85. The van der Waals surface area contributed by atoms with Crippen molar-refractivity contribution in [3.63, 3.8) is 0 Å². The van der Waals surface area contributed by atoms with Crippen molar-refractivity contribution in [1.82, 2.24) is 0 Å². The first-order valence-corrected chi connectivity index (χ1v) is 4.53. The standard InChI is InChI=1S/C10H18O/c1-3-10(2,11)9-7-5-4-6-8-9/h3,9,11H,1,4-8H2,2H3. The Hall–Kier alpha value is -0.300. The molecule has 1 N–H and O–H groups in total. The molecule has 1 nitrogen and oxygen atoms in total. The van der Waals surface area contributed by atoms with E-state index in [0.29, 0.717) is 5.92 Å². The van der Waals surface area contributed by atoms with Crippen LogP contribution >= 0.6 is 0 Å². The zero-order chi connectivity index (χ0) is 8.32. The molecular weight excluding hydrogens is 136 g/mol. The Balaban J connectivity index is 2.50. The van der Waals surface area contributed by atoms with Crippen LogP contribution < -0.4 is 0 Å². The van der Waals surface area contributed by atoms with Crippen LogP contribution in [0.3, 0.4) is 0 Å². The maximum Gasteiger partial charge on any atom is 0.0825 e. The molecule has 1 aliphatic carbocycles. The van der Waals surface area contributed by atoms with Crippen LogP contribution in [0.25, 0.3) is 0 Å². The largest absolute Gasteiger partial charge is 0.386 e. The first-order valence-electron chi connectivity index (χ1n) is 4.53. The molecule has 0 amide bonds. The average Bonchev–Trinajstić information content (AvgIpc) is 2.06. The molecule has 0 heterocycles. The molecule has 1 fully saturated rings. The molecule has 1 atom stereocenters. The van der Waals surface area contributed by atoms with Gasteiger partial charge in [0, 0.05) is 0 Å². The molecule has 1 saturated carbocycles. The third-order valence-corrected chi connectivity index (χ3v) is 2.84. The maximum atomic E-state index is 9.83. The van der Waals surface area contributed by atoms with Crippen LogP contribution in [0.15, 0.2) is 12.7 Å². The zero-order valence-electron chi connectivity index (χ0n) is 7.34.